The lowest BCUT2D eigenvalue weighted by Crippen LogP contribution is -2.03. The van der Waals surface area contributed by atoms with Gasteiger partial charge in [-0.2, -0.15) is 14.8 Å². The van der Waals surface area contributed by atoms with E-state index in [2.05, 4.69) is 25.4 Å². The molecule has 7 nitrogen and oxygen atoms in total. The van der Waals surface area contributed by atoms with Gasteiger partial charge in [-0.1, -0.05) is 18.2 Å². The third-order valence-electron chi connectivity index (χ3n) is 3.53. The van der Waals surface area contributed by atoms with E-state index < -0.39 is 0 Å². The van der Waals surface area contributed by atoms with Crippen LogP contribution in [0.5, 0.6) is 5.75 Å². The molecule has 118 valence electrons. The van der Waals surface area contributed by atoms with E-state index in [4.69, 9.17) is 4.74 Å². The average Bonchev–Trinajstić information content (AvgIpc) is 3.06. The smallest absolute Gasteiger partial charge is 0.229 e. The van der Waals surface area contributed by atoms with E-state index in [0.29, 0.717) is 17.4 Å². The normalized spacial score (nSPS) is 10.7. The van der Waals surface area contributed by atoms with Crippen LogP contribution >= 0.6 is 0 Å². The second-order valence-corrected chi connectivity index (χ2v) is 5.04. The van der Waals surface area contributed by atoms with Gasteiger partial charge >= 0.3 is 0 Å². The van der Waals surface area contributed by atoms with Gasteiger partial charge in [0.05, 0.1) is 24.4 Å². The molecule has 0 aliphatic heterocycles. The standard InChI is InChI=1S/C17H14N6O/c1-24-14-7-3-2-6-13(14)21-17-19-10-12-11-20-23(16(12)22-17)15-8-4-5-9-18-15/h2-11H,1H3,(H,19,21,22). The minimum Gasteiger partial charge on any atom is -0.495 e. The Morgan fingerprint density at radius 3 is 2.71 bits per heavy atom. The number of rotatable bonds is 4. The summed E-state index contributed by atoms with van der Waals surface area (Å²) >= 11 is 0. The minimum absolute atomic E-state index is 0.463. The van der Waals surface area contributed by atoms with Crippen LogP contribution in [0.2, 0.25) is 0 Å². The highest BCUT2D eigenvalue weighted by Crippen LogP contribution is 2.26. The summed E-state index contributed by atoms with van der Waals surface area (Å²) in [4.78, 5) is 13.2. The van der Waals surface area contributed by atoms with Crippen LogP contribution in [0.25, 0.3) is 16.9 Å². The van der Waals surface area contributed by atoms with Gasteiger partial charge in [0, 0.05) is 12.4 Å². The summed E-state index contributed by atoms with van der Waals surface area (Å²) in [5.41, 5.74) is 1.48. The molecule has 0 saturated carbocycles. The van der Waals surface area contributed by atoms with Gasteiger partial charge in [0.2, 0.25) is 5.95 Å². The Bertz CT molecular complexity index is 983. The fraction of sp³-hybridized carbons (Fsp3) is 0.0588. The molecular formula is C17H14N6O. The van der Waals surface area contributed by atoms with Gasteiger partial charge in [0.25, 0.3) is 0 Å². The Labute approximate surface area is 138 Å². The molecule has 1 aromatic carbocycles. The Kier molecular flexibility index (Phi) is 3.51. The average molecular weight is 318 g/mol. The lowest BCUT2D eigenvalue weighted by atomic mass is 10.3. The number of ether oxygens (including phenoxy) is 1. The van der Waals surface area contributed by atoms with Gasteiger partial charge in [-0.3, -0.25) is 0 Å². The van der Waals surface area contributed by atoms with Crippen molar-refractivity contribution < 1.29 is 4.74 Å². The summed E-state index contributed by atoms with van der Waals surface area (Å²) < 4.78 is 7.02. The molecule has 1 N–H and O–H groups in total. The first-order chi connectivity index (χ1) is 11.8. The Morgan fingerprint density at radius 2 is 1.88 bits per heavy atom. The monoisotopic (exact) mass is 318 g/mol. The number of aromatic nitrogens is 5. The number of pyridine rings is 1. The predicted octanol–water partition coefficient (Wildman–Crippen LogP) is 2.96. The molecular weight excluding hydrogens is 304 g/mol. The molecule has 24 heavy (non-hydrogen) atoms. The van der Waals surface area contributed by atoms with E-state index in [1.807, 2.05) is 42.5 Å². The topological polar surface area (TPSA) is 77.8 Å². The molecule has 4 rings (SSSR count). The van der Waals surface area contributed by atoms with Crippen molar-refractivity contribution in [3.8, 4) is 11.6 Å². The quantitative estimate of drug-likeness (QED) is 0.623. The summed E-state index contributed by atoms with van der Waals surface area (Å²) in [6.07, 6.45) is 5.17. The maximum absolute atomic E-state index is 5.34. The molecule has 0 aliphatic carbocycles. The molecule has 0 radical (unpaired) electrons. The largest absolute Gasteiger partial charge is 0.495 e. The second-order valence-electron chi connectivity index (χ2n) is 5.04. The summed E-state index contributed by atoms with van der Waals surface area (Å²) in [5, 5.41) is 8.36. The molecule has 0 unspecified atom stereocenters. The van der Waals surface area contributed by atoms with Crippen molar-refractivity contribution in [2.75, 3.05) is 12.4 Å². The van der Waals surface area contributed by atoms with Crippen molar-refractivity contribution in [2.24, 2.45) is 0 Å². The number of fused-ring (bicyclic) bond motifs is 1. The molecule has 3 aromatic heterocycles. The minimum atomic E-state index is 0.463. The van der Waals surface area contributed by atoms with Crippen LogP contribution in [-0.4, -0.2) is 31.8 Å². The van der Waals surface area contributed by atoms with Crippen LogP contribution in [0.3, 0.4) is 0 Å². The molecule has 0 spiro atoms. The van der Waals surface area contributed by atoms with Crippen LogP contribution in [0.15, 0.2) is 61.1 Å². The first kappa shape index (κ1) is 14.1. The van der Waals surface area contributed by atoms with Gasteiger partial charge in [-0.15, -0.1) is 0 Å². The van der Waals surface area contributed by atoms with Gasteiger partial charge in [0.1, 0.15) is 5.75 Å². The van der Waals surface area contributed by atoms with Crippen LogP contribution < -0.4 is 10.1 Å². The zero-order valence-corrected chi connectivity index (χ0v) is 12.9. The molecule has 0 fully saturated rings. The van der Waals surface area contributed by atoms with Gasteiger partial charge in [-0.05, 0) is 24.3 Å². The van der Waals surface area contributed by atoms with Crippen LogP contribution in [0.1, 0.15) is 0 Å². The first-order valence-corrected chi connectivity index (χ1v) is 7.37. The fourth-order valence-electron chi connectivity index (χ4n) is 2.39. The molecule has 7 heteroatoms. The third-order valence-corrected chi connectivity index (χ3v) is 3.53. The number of hydrogen-bond donors (Lipinski definition) is 1. The van der Waals surface area contributed by atoms with Crippen molar-refractivity contribution in [1.29, 1.82) is 0 Å². The second kappa shape index (κ2) is 5.96. The zero-order valence-electron chi connectivity index (χ0n) is 12.9. The number of benzene rings is 1. The molecule has 0 atom stereocenters. The highest BCUT2D eigenvalue weighted by atomic mass is 16.5. The van der Waals surface area contributed by atoms with E-state index in [1.165, 1.54) is 0 Å². The number of hydrogen-bond acceptors (Lipinski definition) is 6. The lowest BCUT2D eigenvalue weighted by molar-refractivity contribution is 0.417. The molecule has 3 heterocycles. The number of anilines is 2. The summed E-state index contributed by atoms with van der Waals surface area (Å²) in [6.45, 7) is 0. The number of nitrogens with one attached hydrogen (secondary N) is 1. The first-order valence-electron chi connectivity index (χ1n) is 7.37. The Morgan fingerprint density at radius 1 is 1.00 bits per heavy atom. The van der Waals surface area contributed by atoms with Crippen molar-refractivity contribution >= 4 is 22.7 Å². The summed E-state index contributed by atoms with van der Waals surface area (Å²) in [6, 6.07) is 13.2. The van der Waals surface area contributed by atoms with Gasteiger partial charge in [0.15, 0.2) is 11.5 Å². The predicted molar refractivity (Wildman–Crippen MR) is 90.7 cm³/mol. The molecule has 0 aliphatic rings. The van der Waals surface area contributed by atoms with E-state index in [0.717, 1.165) is 16.8 Å². The van der Waals surface area contributed by atoms with Crippen LogP contribution in [0, 0.1) is 0 Å². The van der Waals surface area contributed by atoms with Crippen LogP contribution in [-0.2, 0) is 0 Å². The highest BCUT2D eigenvalue weighted by Gasteiger charge is 2.10. The van der Waals surface area contributed by atoms with Gasteiger partial charge < -0.3 is 10.1 Å². The maximum Gasteiger partial charge on any atom is 0.229 e. The van der Waals surface area contributed by atoms with Crippen molar-refractivity contribution in [1.82, 2.24) is 24.7 Å². The SMILES string of the molecule is COc1ccccc1Nc1ncc2cnn(-c3ccccn3)c2n1. The molecule has 4 aromatic rings. The summed E-state index contributed by atoms with van der Waals surface area (Å²) in [7, 11) is 1.63. The zero-order chi connectivity index (χ0) is 16.4. The Balaban J connectivity index is 1.75. The van der Waals surface area contributed by atoms with E-state index >= 15 is 0 Å². The molecule has 0 saturated heterocycles. The van der Waals surface area contributed by atoms with Crippen molar-refractivity contribution in [3.05, 3.63) is 61.1 Å². The maximum atomic E-state index is 5.34. The van der Waals surface area contributed by atoms with E-state index in [-0.39, 0.29) is 0 Å². The van der Waals surface area contributed by atoms with Crippen molar-refractivity contribution in [2.45, 2.75) is 0 Å². The molecule has 0 bridgehead atoms. The number of methoxy groups -OCH3 is 1. The van der Waals surface area contributed by atoms with E-state index in [9.17, 15) is 0 Å². The van der Waals surface area contributed by atoms with Crippen LogP contribution in [0.4, 0.5) is 11.6 Å². The number of nitrogens with zero attached hydrogens (tertiary/aromatic N) is 5. The fourth-order valence-corrected chi connectivity index (χ4v) is 2.39. The third kappa shape index (κ3) is 2.52. The van der Waals surface area contributed by atoms with E-state index in [1.54, 1.807) is 30.4 Å². The highest BCUT2D eigenvalue weighted by molar-refractivity contribution is 5.77. The lowest BCUT2D eigenvalue weighted by Gasteiger charge is -2.09. The number of para-hydroxylation sites is 2. The molecule has 0 amide bonds. The summed E-state index contributed by atoms with van der Waals surface area (Å²) in [5.74, 6) is 1.89. The van der Waals surface area contributed by atoms with Gasteiger partial charge in [-0.25, -0.2) is 9.97 Å². The Hall–Kier alpha value is -3.48. The van der Waals surface area contributed by atoms with Crippen molar-refractivity contribution in [3.63, 3.8) is 0 Å².